The van der Waals surface area contributed by atoms with E-state index in [4.69, 9.17) is 20.9 Å². The SMILES string of the molecule is COc1cc(C(=O)NCCOCC(N)=O)ccc1N. The van der Waals surface area contributed by atoms with E-state index in [0.717, 1.165) is 0 Å². The van der Waals surface area contributed by atoms with E-state index < -0.39 is 5.91 Å². The number of benzene rings is 1. The summed E-state index contributed by atoms with van der Waals surface area (Å²) < 4.78 is 9.94. The van der Waals surface area contributed by atoms with Crippen LogP contribution in [-0.4, -0.2) is 38.7 Å². The Hall–Kier alpha value is -2.28. The van der Waals surface area contributed by atoms with Crippen molar-refractivity contribution >= 4 is 17.5 Å². The van der Waals surface area contributed by atoms with Crippen LogP contribution in [0.2, 0.25) is 0 Å². The van der Waals surface area contributed by atoms with Gasteiger partial charge in [0, 0.05) is 12.1 Å². The van der Waals surface area contributed by atoms with Gasteiger partial charge in [-0.15, -0.1) is 0 Å². The molecule has 0 aliphatic heterocycles. The van der Waals surface area contributed by atoms with Crippen LogP contribution >= 0.6 is 0 Å². The Morgan fingerprint density at radius 3 is 2.74 bits per heavy atom. The lowest BCUT2D eigenvalue weighted by molar-refractivity contribution is -0.122. The highest BCUT2D eigenvalue weighted by Gasteiger charge is 2.08. The first-order chi connectivity index (χ1) is 9.04. The third-order valence-corrected chi connectivity index (χ3v) is 2.27. The zero-order chi connectivity index (χ0) is 14.3. The molecule has 2 amide bonds. The summed E-state index contributed by atoms with van der Waals surface area (Å²) in [6, 6.07) is 4.74. The number of hydrogen-bond donors (Lipinski definition) is 3. The van der Waals surface area contributed by atoms with Gasteiger partial charge in [-0.2, -0.15) is 0 Å². The number of nitrogens with two attached hydrogens (primary N) is 2. The third-order valence-electron chi connectivity index (χ3n) is 2.27. The molecular formula is C12H17N3O4. The first kappa shape index (κ1) is 14.8. The molecule has 19 heavy (non-hydrogen) atoms. The zero-order valence-corrected chi connectivity index (χ0v) is 10.6. The minimum absolute atomic E-state index is 0.161. The molecule has 7 nitrogen and oxygen atoms in total. The second kappa shape index (κ2) is 7.22. The van der Waals surface area contributed by atoms with Gasteiger partial charge in [-0.25, -0.2) is 0 Å². The van der Waals surface area contributed by atoms with E-state index in [0.29, 0.717) is 17.0 Å². The molecular weight excluding hydrogens is 250 g/mol. The number of rotatable bonds is 7. The van der Waals surface area contributed by atoms with E-state index in [2.05, 4.69) is 5.32 Å². The largest absolute Gasteiger partial charge is 0.495 e. The van der Waals surface area contributed by atoms with E-state index in [1.54, 1.807) is 18.2 Å². The van der Waals surface area contributed by atoms with Crippen LogP contribution in [0.4, 0.5) is 5.69 Å². The Bertz CT molecular complexity index is 462. The zero-order valence-electron chi connectivity index (χ0n) is 10.6. The number of nitrogen functional groups attached to an aromatic ring is 1. The predicted molar refractivity (Wildman–Crippen MR) is 69.8 cm³/mol. The number of carbonyl (C=O) groups is 2. The molecule has 0 saturated heterocycles. The smallest absolute Gasteiger partial charge is 0.251 e. The van der Waals surface area contributed by atoms with Crippen LogP contribution in [-0.2, 0) is 9.53 Å². The lowest BCUT2D eigenvalue weighted by Gasteiger charge is -2.08. The summed E-state index contributed by atoms with van der Waals surface area (Å²) in [5.74, 6) is -0.381. The van der Waals surface area contributed by atoms with Crippen molar-refractivity contribution in [2.75, 3.05) is 32.6 Å². The maximum Gasteiger partial charge on any atom is 0.251 e. The van der Waals surface area contributed by atoms with Crippen LogP contribution < -0.4 is 21.5 Å². The summed E-state index contributed by atoms with van der Waals surface area (Å²) in [5.41, 5.74) is 11.4. The fourth-order valence-corrected chi connectivity index (χ4v) is 1.36. The summed E-state index contributed by atoms with van der Waals surface area (Å²) in [5, 5.41) is 2.63. The van der Waals surface area contributed by atoms with Crippen molar-refractivity contribution in [2.45, 2.75) is 0 Å². The van der Waals surface area contributed by atoms with Crippen molar-refractivity contribution in [1.29, 1.82) is 0 Å². The molecule has 0 aromatic heterocycles. The highest BCUT2D eigenvalue weighted by atomic mass is 16.5. The second-order valence-corrected chi connectivity index (χ2v) is 3.73. The molecule has 0 bridgehead atoms. The minimum Gasteiger partial charge on any atom is -0.495 e. The summed E-state index contributed by atoms with van der Waals surface area (Å²) in [6.07, 6.45) is 0. The molecule has 0 radical (unpaired) electrons. The van der Waals surface area contributed by atoms with E-state index >= 15 is 0 Å². The van der Waals surface area contributed by atoms with Gasteiger partial charge in [0.05, 0.1) is 19.4 Å². The molecule has 0 aliphatic rings. The molecule has 1 aromatic carbocycles. The molecule has 0 aliphatic carbocycles. The third kappa shape index (κ3) is 4.84. The van der Waals surface area contributed by atoms with E-state index in [1.807, 2.05) is 0 Å². The standard InChI is InChI=1S/C12H17N3O4/c1-18-10-6-8(2-3-9(10)13)12(17)15-4-5-19-7-11(14)16/h2-3,6H,4-5,7,13H2,1H3,(H2,14,16)(H,15,17). The first-order valence-corrected chi connectivity index (χ1v) is 5.62. The Morgan fingerprint density at radius 1 is 1.37 bits per heavy atom. The average Bonchev–Trinajstić information content (AvgIpc) is 2.38. The molecule has 0 heterocycles. The molecule has 7 heteroatoms. The lowest BCUT2D eigenvalue weighted by Crippen LogP contribution is -2.28. The van der Waals surface area contributed by atoms with Crippen LogP contribution in [0.5, 0.6) is 5.75 Å². The Labute approximate surface area is 110 Å². The molecule has 0 fully saturated rings. The lowest BCUT2D eigenvalue weighted by atomic mass is 10.2. The van der Waals surface area contributed by atoms with Crippen LogP contribution in [0, 0.1) is 0 Å². The average molecular weight is 267 g/mol. The quantitative estimate of drug-likeness (QED) is 0.455. The van der Waals surface area contributed by atoms with Gasteiger partial charge in [0.1, 0.15) is 12.4 Å². The Kier molecular flexibility index (Phi) is 5.62. The minimum atomic E-state index is -0.547. The first-order valence-electron chi connectivity index (χ1n) is 5.62. The van der Waals surface area contributed by atoms with Crippen LogP contribution in [0.15, 0.2) is 18.2 Å². The number of ether oxygens (including phenoxy) is 2. The Morgan fingerprint density at radius 2 is 2.11 bits per heavy atom. The van der Waals surface area contributed by atoms with Crippen molar-refractivity contribution in [3.05, 3.63) is 23.8 Å². The van der Waals surface area contributed by atoms with Crippen molar-refractivity contribution < 1.29 is 19.1 Å². The molecule has 104 valence electrons. The molecule has 0 saturated carbocycles. The number of nitrogens with one attached hydrogen (secondary N) is 1. The molecule has 0 unspecified atom stereocenters. The summed E-state index contributed by atoms with van der Waals surface area (Å²) >= 11 is 0. The van der Waals surface area contributed by atoms with Gasteiger partial charge in [0.15, 0.2) is 0 Å². The van der Waals surface area contributed by atoms with Gasteiger partial charge in [-0.3, -0.25) is 9.59 Å². The maximum absolute atomic E-state index is 11.8. The van der Waals surface area contributed by atoms with Gasteiger partial charge in [0.2, 0.25) is 5.91 Å². The molecule has 0 spiro atoms. The number of amides is 2. The maximum atomic E-state index is 11.8. The van der Waals surface area contributed by atoms with E-state index in [-0.39, 0.29) is 25.7 Å². The van der Waals surface area contributed by atoms with Crippen molar-refractivity contribution in [2.24, 2.45) is 5.73 Å². The van der Waals surface area contributed by atoms with E-state index in [1.165, 1.54) is 7.11 Å². The number of methoxy groups -OCH3 is 1. The fraction of sp³-hybridized carbons (Fsp3) is 0.333. The van der Waals surface area contributed by atoms with Gasteiger partial charge < -0.3 is 26.3 Å². The van der Waals surface area contributed by atoms with Gasteiger partial charge in [0.25, 0.3) is 5.91 Å². The summed E-state index contributed by atoms with van der Waals surface area (Å²) in [7, 11) is 1.48. The number of primary amides is 1. The van der Waals surface area contributed by atoms with Crippen molar-refractivity contribution in [1.82, 2.24) is 5.32 Å². The van der Waals surface area contributed by atoms with Crippen LogP contribution in [0.25, 0.3) is 0 Å². The van der Waals surface area contributed by atoms with Crippen LogP contribution in [0.3, 0.4) is 0 Å². The summed E-state index contributed by atoms with van der Waals surface area (Å²) in [4.78, 5) is 22.2. The van der Waals surface area contributed by atoms with Crippen molar-refractivity contribution in [3.63, 3.8) is 0 Å². The summed E-state index contributed by atoms with van der Waals surface area (Å²) in [6.45, 7) is 0.325. The highest BCUT2D eigenvalue weighted by Crippen LogP contribution is 2.21. The van der Waals surface area contributed by atoms with Gasteiger partial charge in [-0.1, -0.05) is 0 Å². The number of hydrogen-bond acceptors (Lipinski definition) is 5. The van der Waals surface area contributed by atoms with Gasteiger partial charge in [-0.05, 0) is 18.2 Å². The topological polar surface area (TPSA) is 117 Å². The number of anilines is 1. The normalized spacial score (nSPS) is 9.95. The monoisotopic (exact) mass is 267 g/mol. The van der Waals surface area contributed by atoms with Crippen molar-refractivity contribution in [3.8, 4) is 5.75 Å². The molecule has 1 rings (SSSR count). The van der Waals surface area contributed by atoms with Gasteiger partial charge >= 0.3 is 0 Å². The molecule has 0 atom stereocenters. The van der Waals surface area contributed by atoms with Crippen LogP contribution in [0.1, 0.15) is 10.4 Å². The Balaban J connectivity index is 2.43. The highest BCUT2D eigenvalue weighted by molar-refractivity contribution is 5.95. The fourth-order valence-electron chi connectivity index (χ4n) is 1.36. The molecule has 1 aromatic rings. The van der Waals surface area contributed by atoms with E-state index in [9.17, 15) is 9.59 Å². The molecule has 5 N–H and O–H groups in total. The second-order valence-electron chi connectivity index (χ2n) is 3.73. The number of carbonyl (C=O) groups excluding carboxylic acids is 2. The predicted octanol–water partition coefficient (Wildman–Crippen LogP) is -0.491.